The first-order valence-corrected chi connectivity index (χ1v) is 7.54. The number of para-hydroxylation sites is 1. The van der Waals surface area contributed by atoms with Crippen molar-refractivity contribution in [3.63, 3.8) is 0 Å². The summed E-state index contributed by atoms with van der Waals surface area (Å²) in [6, 6.07) is 4.42. The number of hydrogen-bond acceptors (Lipinski definition) is 5. The lowest BCUT2D eigenvalue weighted by atomic mass is 10.1. The molecule has 0 bridgehead atoms. The molecule has 1 aromatic carbocycles. The normalized spacial score (nSPS) is 12.7. The molecular formula is C11H15N5O4S. The molecule has 9 nitrogen and oxygen atoms in total. The molecule has 0 unspecified atom stereocenters. The van der Waals surface area contributed by atoms with E-state index in [0.717, 1.165) is 12.1 Å². The second-order valence-corrected chi connectivity index (χ2v) is 6.29. The van der Waals surface area contributed by atoms with Crippen molar-refractivity contribution in [2.45, 2.75) is 24.8 Å². The summed E-state index contributed by atoms with van der Waals surface area (Å²) in [5.41, 5.74) is 7.82. The first-order valence-electron chi connectivity index (χ1n) is 6.06. The van der Waals surface area contributed by atoms with E-state index < -0.39 is 31.6 Å². The Morgan fingerprint density at radius 3 is 2.57 bits per heavy atom. The Kier molecular flexibility index (Phi) is 5.65. The van der Waals surface area contributed by atoms with Gasteiger partial charge in [-0.3, -0.25) is 10.1 Å². The molecule has 0 fully saturated rings. The van der Waals surface area contributed by atoms with E-state index in [1.165, 1.54) is 12.1 Å². The van der Waals surface area contributed by atoms with Crippen LogP contribution < -0.4 is 4.72 Å². The van der Waals surface area contributed by atoms with Gasteiger partial charge in [0.05, 0.1) is 4.92 Å². The highest BCUT2D eigenvalue weighted by Gasteiger charge is 2.28. The Bertz CT molecular complexity index is 667. The molecule has 1 N–H and O–H groups in total. The molecule has 1 atom stereocenters. The maximum absolute atomic E-state index is 12.3. The third-order valence-electron chi connectivity index (χ3n) is 2.80. The number of nitrogens with one attached hydrogen (secondary N) is 1. The topological polar surface area (TPSA) is 138 Å². The zero-order valence-corrected chi connectivity index (χ0v) is 12.3. The second-order valence-electron chi connectivity index (χ2n) is 4.61. The molecule has 21 heavy (non-hydrogen) atoms. The van der Waals surface area contributed by atoms with Crippen molar-refractivity contribution in [2.24, 2.45) is 11.0 Å². The molecule has 0 saturated carbocycles. The van der Waals surface area contributed by atoms with Gasteiger partial charge in [-0.05, 0) is 17.5 Å². The highest BCUT2D eigenvalue weighted by Crippen LogP contribution is 2.23. The molecule has 0 aromatic heterocycles. The molecule has 1 aromatic rings. The fourth-order valence-electron chi connectivity index (χ4n) is 1.61. The molecule has 0 heterocycles. The molecule has 0 aliphatic heterocycles. The van der Waals surface area contributed by atoms with Crippen LogP contribution in [0, 0.1) is 16.0 Å². The number of benzene rings is 1. The summed E-state index contributed by atoms with van der Waals surface area (Å²) >= 11 is 0. The van der Waals surface area contributed by atoms with E-state index in [1.54, 1.807) is 13.8 Å². The third kappa shape index (κ3) is 4.42. The first kappa shape index (κ1) is 16.9. The van der Waals surface area contributed by atoms with Crippen LogP contribution in [0.2, 0.25) is 0 Å². The minimum absolute atomic E-state index is 0.0754. The van der Waals surface area contributed by atoms with Crippen LogP contribution in [0.1, 0.15) is 13.8 Å². The number of nitrogens with zero attached hydrogens (tertiary/aromatic N) is 4. The summed E-state index contributed by atoms with van der Waals surface area (Å²) in [6.07, 6.45) is 0. The molecule has 0 radical (unpaired) electrons. The van der Waals surface area contributed by atoms with Gasteiger partial charge in [0, 0.05) is 23.6 Å². The molecule has 114 valence electrons. The van der Waals surface area contributed by atoms with E-state index in [1.807, 2.05) is 0 Å². The smallest absolute Gasteiger partial charge is 0.258 e. The SMILES string of the molecule is CC(C)[C@@H](CN=[N+]=[N-])NS(=O)(=O)c1ccccc1[N+](=O)[O-]. The predicted molar refractivity (Wildman–Crippen MR) is 76.1 cm³/mol. The standard InChI is InChI=1S/C11H15N5O4S/c1-8(2)9(7-13-15-12)14-21(19,20)11-6-4-3-5-10(11)16(17)18/h3-6,8-9,14H,7H2,1-2H3/t9-/m1/s1. The summed E-state index contributed by atoms with van der Waals surface area (Å²) in [6.45, 7) is 3.42. The van der Waals surface area contributed by atoms with Crippen LogP contribution in [-0.4, -0.2) is 25.9 Å². The van der Waals surface area contributed by atoms with Crippen LogP contribution in [0.15, 0.2) is 34.3 Å². The zero-order chi connectivity index (χ0) is 16.0. The Morgan fingerprint density at radius 1 is 1.43 bits per heavy atom. The lowest BCUT2D eigenvalue weighted by molar-refractivity contribution is -0.387. The van der Waals surface area contributed by atoms with Gasteiger partial charge < -0.3 is 0 Å². The van der Waals surface area contributed by atoms with Gasteiger partial charge in [0.1, 0.15) is 0 Å². The van der Waals surface area contributed by atoms with E-state index in [9.17, 15) is 18.5 Å². The molecule has 0 spiro atoms. The molecule has 0 saturated heterocycles. The lowest BCUT2D eigenvalue weighted by Crippen LogP contribution is -2.40. The average Bonchev–Trinajstić information content (AvgIpc) is 2.43. The van der Waals surface area contributed by atoms with Crippen LogP contribution in [0.5, 0.6) is 0 Å². The van der Waals surface area contributed by atoms with Gasteiger partial charge in [0.2, 0.25) is 10.0 Å². The van der Waals surface area contributed by atoms with Crippen LogP contribution in [-0.2, 0) is 10.0 Å². The van der Waals surface area contributed by atoms with Gasteiger partial charge >= 0.3 is 0 Å². The Hall–Kier alpha value is -2.16. The zero-order valence-electron chi connectivity index (χ0n) is 11.5. The van der Waals surface area contributed by atoms with E-state index in [2.05, 4.69) is 14.7 Å². The number of nitro benzene ring substituents is 1. The quantitative estimate of drug-likeness (QED) is 0.271. The van der Waals surface area contributed by atoms with Crippen LogP contribution in [0.3, 0.4) is 0 Å². The van der Waals surface area contributed by atoms with Crippen molar-refractivity contribution in [1.29, 1.82) is 0 Å². The molecule has 1 rings (SSSR count). The van der Waals surface area contributed by atoms with Gasteiger partial charge in [-0.25, -0.2) is 13.1 Å². The first-order chi connectivity index (χ1) is 9.79. The highest BCUT2D eigenvalue weighted by atomic mass is 32.2. The van der Waals surface area contributed by atoms with Crippen molar-refractivity contribution in [3.05, 3.63) is 44.8 Å². The fraction of sp³-hybridized carbons (Fsp3) is 0.455. The van der Waals surface area contributed by atoms with Gasteiger partial charge in [-0.15, -0.1) is 0 Å². The van der Waals surface area contributed by atoms with Crippen LogP contribution in [0.25, 0.3) is 10.4 Å². The molecule has 10 heteroatoms. The summed E-state index contributed by atoms with van der Waals surface area (Å²) in [4.78, 5) is 12.3. The van der Waals surface area contributed by atoms with E-state index in [4.69, 9.17) is 5.53 Å². The van der Waals surface area contributed by atoms with Crippen LogP contribution in [0.4, 0.5) is 5.69 Å². The number of nitro groups is 1. The maximum Gasteiger partial charge on any atom is 0.289 e. The van der Waals surface area contributed by atoms with E-state index >= 15 is 0 Å². The van der Waals surface area contributed by atoms with Crippen LogP contribution >= 0.6 is 0 Å². The van der Waals surface area contributed by atoms with Gasteiger partial charge in [0.25, 0.3) is 5.69 Å². The Morgan fingerprint density at radius 2 is 2.05 bits per heavy atom. The average molecular weight is 313 g/mol. The van der Waals surface area contributed by atoms with Gasteiger partial charge in [-0.2, -0.15) is 0 Å². The molecular weight excluding hydrogens is 298 g/mol. The predicted octanol–water partition coefficient (Wildman–Crippen LogP) is 2.21. The minimum atomic E-state index is -4.09. The van der Waals surface area contributed by atoms with Gasteiger partial charge in [-0.1, -0.05) is 31.1 Å². The lowest BCUT2D eigenvalue weighted by Gasteiger charge is -2.20. The number of sulfonamides is 1. The molecule has 0 aliphatic carbocycles. The monoisotopic (exact) mass is 313 g/mol. The fourth-order valence-corrected chi connectivity index (χ4v) is 3.15. The van der Waals surface area contributed by atoms with Crippen molar-refractivity contribution in [1.82, 2.24) is 4.72 Å². The summed E-state index contributed by atoms with van der Waals surface area (Å²) < 4.78 is 26.9. The summed E-state index contributed by atoms with van der Waals surface area (Å²) in [5, 5.41) is 14.3. The highest BCUT2D eigenvalue weighted by molar-refractivity contribution is 7.89. The Labute approximate surface area is 121 Å². The van der Waals surface area contributed by atoms with E-state index in [-0.39, 0.29) is 12.5 Å². The van der Waals surface area contributed by atoms with Gasteiger partial charge in [0.15, 0.2) is 4.90 Å². The summed E-state index contributed by atoms with van der Waals surface area (Å²) in [7, 11) is -4.09. The Balaban J connectivity index is 3.16. The molecule has 0 amide bonds. The largest absolute Gasteiger partial charge is 0.289 e. The number of hydrogen-bond donors (Lipinski definition) is 1. The van der Waals surface area contributed by atoms with Crippen molar-refractivity contribution in [3.8, 4) is 0 Å². The van der Waals surface area contributed by atoms with E-state index in [0.29, 0.717) is 0 Å². The third-order valence-corrected chi connectivity index (χ3v) is 4.34. The second kappa shape index (κ2) is 7.02. The maximum atomic E-state index is 12.3. The number of azide groups is 1. The summed E-state index contributed by atoms with van der Waals surface area (Å²) in [5.74, 6) is -0.145. The van der Waals surface area contributed by atoms with Crippen molar-refractivity contribution >= 4 is 15.7 Å². The minimum Gasteiger partial charge on any atom is -0.258 e. The molecule has 0 aliphatic rings. The van der Waals surface area contributed by atoms with Crippen molar-refractivity contribution < 1.29 is 13.3 Å². The number of rotatable bonds is 7. The van der Waals surface area contributed by atoms with Crippen molar-refractivity contribution in [2.75, 3.05) is 6.54 Å².